The molecule has 240 valence electrons. The molecule has 0 unspecified atom stereocenters. The highest BCUT2D eigenvalue weighted by Gasteiger charge is 2.24. The van der Waals surface area contributed by atoms with E-state index in [1.807, 2.05) is 0 Å². The Bertz CT molecular complexity index is 3140. The monoisotopic (exact) mass is 656 g/mol. The van der Waals surface area contributed by atoms with Gasteiger partial charge in [0.25, 0.3) is 0 Å². The summed E-state index contributed by atoms with van der Waals surface area (Å²) in [6.45, 7) is 0. The van der Waals surface area contributed by atoms with Crippen molar-refractivity contribution in [3.63, 3.8) is 0 Å². The maximum atomic E-state index is 2.39. The molecule has 0 aromatic heterocycles. The standard InChI is InChI=1S/C52H32/c1-4-16-33(17-5-1)36-30-31-43(46(32-36)34-18-6-2-7-19-34)48-38-23-11-13-25-42(38)52-50-40(27-15-29-45(48)50)39-26-14-28-44-47(35-20-8-3-9-21-35)37-22-10-12-24-41(37)51(52)49(39)44/h1-32H. The van der Waals surface area contributed by atoms with Crippen LogP contribution in [0.3, 0.4) is 0 Å². The van der Waals surface area contributed by atoms with Crippen LogP contribution < -0.4 is 0 Å². The highest BCUT2D eigenvalue weighted by molar-refractivity contribution is 6.45. The first-order valence-corrected chi connectivity index (χ1v) is 18.1. The number of hydrogen-bond acceptors (Lipinski definition) is 0. The van der Waals surface area contributed by atoms with Gasteiger partial charge in [-0.25, -0.2) is 0 Å². The van der Waals surface area contributed by atoms with Crippen LogP contribution in [0.15, 0.2) is 194 Å². The smallest absolute Gasteiger partial charge is 0.000740 e. The maximum Gasteiger partial charge on any atom is -0.000740 e. The van der Waals surface area contributed by atoms with Crippen LogP contribution >= 0.6 is 0 Å². The van der Waals surface area contributed by atoms with Crippen LogP contribution in [0.2, 0.25) is 0 Å². The summed E-state index contributed by atoms with van der Waals surface area (Å²) in [6, 6.07) is 71.6. The molecule has 0 amide bonds. The molecule has 0 atom stereocenters. The zero-order valence-electron chi connectivity index (χ0n) is 28.5. The third kappa shape index (κ3) is 4.16. The predicted octanol–water partition coefficient (Wildman–Crippen LogP) is 14.7. The molecule has 0 saturated heterocycles. The molecule has 0 heterocycles. The molecule has 0 fully saturated rings. The topological polar surface area (TPSA) is 0 Å². The lowest BCUT2D eigenvalue weighted by Gasteiger charge is -2.23. The van der Waals surface area contributed by atoms with E-state index < -0.39 is 0 Å². The van der Waals surface area contributed by atoms with Gasteiger partial charge in [-0.2, -0.15) is 0 Å². The second-order valence-electron chi connectivity index (χ2n) is 13.9. The zero-order chi connectivity index (χ0) is 34.2. The molecule has 0 radical (unpaired) electrons. The SMILES string of the molecule is c1ccc(-c2ccc(-c3c4ccccc4c4c5c3cccc5c3cccc5c(-c6ccccc6)c6ccccc6c4c53)c(-c3ccccc3)c2)cc1. The molecule has 0 saturated carbocycles. The minimum Gasteiger partial charge on any atom is -0.0622 e. The fourth-order valence-electron chi connectivity index (χ4n) is 9.06. The van der Waals surface area contributed by atoms with Gasteiger partial charge in [0.15, 0.2) is 0 Å². The van der Waals surface area contributed by atoms with E-state index in [0.717, 1.165) is 0 Å². The summed E-state index contributed by atoms with van der Waals surface area (Å²) in [7, 11) is 0. The third-order valence-electron chi connectivity index (χ3n) is 11.2. The summed E-state index contributed by atoms with van der Waals surface area (Å²) < 4.78 is 0. The van der Waals surface area contributed by atoms with Gasteiger partial charge in [0.1, 0.15) is 0 Å². The lowest BCUT2D eigenvalue weighted by atomic mass is 9.79. The van der Waals surface area contributed by atoms with Gasteiger partial charge in [0.05, 0.1) is 0 Å². The normalized spacial score (nSPS) is 11.8. The average Bonchev–Trinajstić information content (AvgIpc) is 3.22. The van der Waals surface area contributed by atoms with Crippen molar-refractivity contribution in [2.24, 2.45) is 0 Å². The summed E-state index contributed by atoms with van der Waals surface area (Å²) in [5, 5.41) is 15.7. The second-order valence-corrected chi connectivity index (χ2v) is 13.9. The van der Waals surface area contributed by atoms with E-state index in [0.29, 0.717) is 0 Å². The summed E-state index contributed by atoms with van der Waals surface area (Å²) >= 11 is 0. The Kier molecular flexibility index (Phi) is 6.35. The van der Waals surface area contributed by atoms with E-state index in [4.69, 9.17) is 0 Å². The van der Waals surface area contributed by atoms with Gasteiger partial charge in [-0.05, 0) is 115 Å². The van der Waals surface area contributed by atoms with Crippen LogP contribution in [-0.4, -0.2) is 0 Å². The summed E-state index contributed by atoms with van der Waals surface area (Å²) in [6.07, 6.45) is 0. The van der Waals surface area contributed by atoms with Gasteiger partial charge in [-0.1, -0.05) is 188 Å². The van der Waals surface area contributed by atoms with Crippen molar-refractivity contribution >= 4 is 64.6 Å². The molecule has 0 aliphatic heterocycles. The number of rotatable bonds is 4. The van der Waals surface area contributed by atoms with Crippen LogP contribution in [0.4, 0.5) is 0 Å². The van der Waals surface area contributed by atoms with Gasteiger partial charge in [-0.3, -0.25) is 0 Å². The lowest BCUT2D eigenvalue weighted by molar-refractivity contribution is 1.58. The van der Waals surface area contributed by atoms with Crippen molar-refractivity contribution < 1.29 is 0 Å². The highest BCUT2D eigenvalue weighted by atomic mass is 14.3. The van der Waals surface area contributed by atoms with Gasteiger partial charge in [-0.15, -0.1) is 0 Å². The van der Waals surface area contributed by atoms with Crippen molar-refractivity contribution in [3.8, 4) is 44.5 Å². The first-order valence-electron chi connectivity index (χ1n) is 18.1. The Morgan fingerprint density at radius 2 is 0.596 bits per heavy atom. The molecule has 0 N–H and O–H groups in total. The quantitative estimate of drug-likeness (QED) is 0.131. The molecule has 11 rings (SSSR count). The molecule has 0 bridgehead atoms. The molecule has 0 spiro atoms. The van der Waals surface area contributed by atoms with Gasteiger partial charge in [0.2, 0.25) is 0 Å². The minimum absolute atomic E-state index is 1.22. The van der Waals surface area contributed by atoms with E-state index >= 15 is 0 Å². The Morgan fingerprint density at radius 1 is 0.192 bits per heavy atom. The molecular weight excluding hydrogens is 625 g/mol. The number of benzene rings is 11. The number of fused-ring (bicyclic) bond motifs is 6. The number of hydrogen-bond donors (Lipinski definition) is 0. The molecule has 0 heteroatoms. The summed E-state index contributed by atoms with van der Waals surface area (Å²) in [5.74, 6) is 0. The van der Waals surface area contributed by atoms with E-state index in [1.54, 1.807) is 0 Å². The molecule has 0 nitrogen and oxygen atoms in total. The van der Waals surface area contributed by atoms with Crippen LogP contribution in [0, 0.1) is 0 Å². The van der Waals surface area contributed by atoms with Crippen LogP contribution in [0.25, 0.3) is 109 Å². The molecule has 11 aromatic rings. The van der Waals surface area contributed by atoms with Gasteiger partial charge < -0.3 is 0 Å². The first-order chi connectivity index (χ1) is 25.8. The Balaban J connectivity index is 1.35. The van der Waals surface area contributed by atoms with E-state index in [2.05, 4.69) is 194 Å². The van der Waals surface area contributed by atoms with Crippen molar-refractivity contribution in [1.82, 2.24) is 0 Å². The van der Waals surface area contributed by atoms with Crippen LogP contribution in [0.5, 0.6) is 0 Å². The third-order valence-corrected chi connectivity index (χ3v) is 11.2. The highest BCUT2D eigenvalue weighted by Crippen LogP contribution is 2.52. The molecular formula is C52H32. The lowest BCUT2D eigenvalue weighted by Crippen LogP contribution is -1.95. The van der Waals surface area contributed by atoms with E-state index in [1.165, 1.54) is 109 Å². The van der Waals surface area contributed by atoms with Crippen molar-refractivity contribution in [3.05, 3.63) is 194 Å². The fraction of sp³-hybridized carbons (Fsp3) is 0. The first kappa shape index (κ1) is 29.0. The minimum atomic E-state index is 1.22. The summed E-state index contributed by atoms with van der Waals surface area (Å²) in [5.41, 5.74) is 9.99. The zero-order valence-corrected chi connectivity index (χ0v) is 28.5. The van der Waals surface area contributed by atoms with Gasteiger partial charge >= 0.3 is 0 Å². The van der Waals surface area contributed by atoms with E-state index in [-0.39, 0.29) is 0 Å². The second kappa shape index (κ2) is 11.4. The van der Waals surface area contributed by atoms with Crippen molar-refractivity contribution in [2.75, 3.05) is 0 Å². The van der Waals surface area contributed by atoms with Crippen molar-refractivity contribution in [1.29, 1.82) is 0 Å². The van der Waals surface area contributed by atoms with Crippen LogP contribution in [0.1, 0.15) is 0 Å². The average molecular weight is 657 g/mol. The predicted molar refractivity (Wildman–Crippen MR) is 224 cm³/mol. The molecule has 52 heavy (non-hydrogen) atoms. The van der Waals surface area contributed by atoms with Crippen molar-refractivity contribution in [2.45, 2.75) is 0 Å². The summed E-state index contributed by atoms with van der Waals surface area (Å²) in [4.78, 5) is 0. The Hall–Kier alpha value is -6.76. The van der Waals surface area contributed by atoms with E-state index in [9.17, 15) is 0 Å². The Labute approximate surface area is 302 Å². The largest absolute Gasteiger partial charge is 0.0622 e. The maximum absolute atomic E-state index is 2.39. The van der Waals surface area contributed by atoms with Gasteiger partial charge in [0, 0.05) is 0 Å². The Morgan fingerprint density at radius 3 is 1.17 bits per heavy atom. The molecule has 11 aromatic carbocycles. The fourth-order valence-corrected chi connectivity index (χ4v) is 9.06. The molecule has 0 aliphatic rings. The van der Waals surface area contributed by atoms with Crippen LogP contribution in [-0.2, 0) is 0 Å². The molecule has 0 aliphatic carbocycles.